The van der Waals surface area contributed by atoms with Crippen molar-refractivity contribution in [2.75, 3.05) is 13.2 Å². The first kappa shape index (κ1) is 16.3. The van der Waals surface area contributed by atoms with Gasteiger partial charge in [0.1, 0.15) is 26.1 Å². The first-order chi connectivity index (χ1) is 8.41. The maximum atomic E-state index is 10.9. The molecule has 8 nitrogen and oxygen atoms in total. The maximum absolute atomic E-state index is 10.9. The predicted octanol–water partition coefficient (Wildman–Crippen LogP) is -2.52. The number of aliphatic hydroxyl groups is 4. The summed E-state index contributed by atoms with van der Waals surface area (Å²) in [6.07, 6.45) is -4.07. The second-order valence-electron chi connectivity index (χ2n) is 3.03. The lowest BCUT2D eigenvalue weighted by atomic mass is 10.4. The summed E-state index contributed by atoms with van der Waals surface area (Å²) < 4.78 is 8.73. The highest BCUT2D eigenvalue weighted by molar-refractivity contribution is 5.74. The number of hydrogen-bond donors (Lipinski definition) is 4. The largest absolute Gasteiger partial charge is 0.460 e. The Bertz CT molecular complexity index is 295. The Kier molecular flexibility index (Phi) is 8.51. The number of aliphatic hydroxyl groups excluding tert-OH is 2. The highest BCUT2D eigenvalue weighted by Gasteiger charge is 2.05. The normalized spacial score (nSPS) is 9.89. The SMILES string of the molecule is O=C(CC#CCC(=O)OCC(O)O)OCC(O)O. The van der Waals surface area contributed by atoms with Crippen LogP contribution < -0.4 is 0 Å². The number of carbonyl (C=O) groups is 2. The van der Waals surface area contributed by atoms with Gasteiger partial charge in [-0.15, -0.1) is 0 Å². The molecule has 18 heavy (non-hydrogen) atoms. The fourth-order valence-electron chi connectivity index (χ4n) is 0.706. The second kappa shape index (κ2) is 9.38. The molecule has 0 aromatic heterocycles. The van der Waals surface area contributed by atoms with Gasteiger partial charge in [0.15, 0.2) is 12.6 Å². The Hall–Kier alpha value is -1.66. The van der Waals surface area contributed by atoms with Gasteiger partial charge in [0.2, 0.25) is 0 Å². The van der Waals surface area contributed by atoms with Crippen molar-refractivity contribution in [2.45, 2.75) is 25.4 Å². The summed E-state index contributed by atoms with van der Waals surface area (Å²) in [5.74, 6) is 3.12. The molecule has 0 unspecified atom stereocenters. The van der Waals surface area contributed by atoms with Gasteiger partial charge < -0.3 is 29.9 Å². The van der Waals surface area contributed by atoms with E-state index in [-0.39, 0.29) is 12.8 Å². The first-order valence-corrected chi connectivity index (χ1v) is 4.91. The standard InChI is InChI=1S/C10H14O8/c11-7(12)5-17-9(15)3-1-2-4-10(16)18-6-8(13)14/h7-8,11-14H,3-6H2. The smallest absolute Gasteiger partial charge is 0.318 e. The van der Waals surface area contributed by atoms with Crippen LogP contribution in [-0.2, 0) is 19.1 Å². The molecule has 0 rings (SSSR count). The van der Waals surface area contributed by atoms with Crippen LogP contribution >= 0.6 is 0 Å². The van der Waals surface area contributed by atoms with E-state index in [0.717, 1.165) is 0 Å². The van der Waals surface area contributed by atoms with Gasteiger partial charge in [0, 0.05) is 0 Å². The van der Waals surface area contributed by atoms with Gasteiger partial charge >= 0.3 is 11.9 Å². The van der Waals surface area contributed by atoms with Crippen molar-refractivity contribution < 1.29 is 39.5 Å². The van der Waals surface area contributed by atoms with Crippen LogP contribution in [-0.4, -0.2) is 58.2 Å². The monoisotopic (exact) mass is 262 g/mol. The Morgan fingerprint density at radius 2 is 1.17 bits per heavy atom. The summed E-state index contributed by atoms with van der Waals surface area (Å²) in [5, 5.41) is 33.6. The highest BCUT2D eigenvalue weighted by atomic mass is 16.6. The van der Waals surface area contributed by atoms with Crippen LogP contribution in [0.3, 0.4) is 0 Å². The van der Waals surface area contributed by atoms with E-state index in [1.165, 1.54) is 0 Å². The molecule has 0 amide bonds. The molecule has 0 radical (unpaired) electrons. The van der Waals surface area contributed by atoms with Crippen molar-refractivity contribution in [3.63, 3.8) is 0 Å². The summed E-state index contributed by atoms with van der Waals surface area (Å²) in [4.78, 5) is 21.8. The van der Waals surface area contributed by atoms with Gasteiger partial charge in [-0.25, -0.2) is 0 Å². The molecular formula is C10H14O8. The molecule has 0 bridgehead atoms. The molecular weight excluding hydrogens is 248 g/mol. The van der Waals surface area contributed by atoms with Crippen LogP contribution in [0.2, 0.25) is 0 Å². The average Bonchev–Trinajstić information content (AvgIpc) is 2.29. The molecule has 0 spiro atoms. The number of ether oxygens (including phenoxy) is 2. The lowest BCUT2D eigenvalue weighted by Crippen LogP contribution is -2.17. The average molecular weight is 262 g/mol. The molecule has 0 aromatic carbocycles. The zero-order valence-electron chi connectivity index (χ0n) is 9.40. The Balaban J connectivity index is 3.71. The Morgan fingerprint density at radius 3 is 1.44 bits per heavy atom. The van der Waals surface area contributed by atoms with Crippen LogP contribution in [0.15, 0.2) is 0 Å². The van der Waals surface area contributed by atoms with Crippen LogP contribution in [0.25, 0.3) is 0 Å². The lowest BCUT2D eigenvalue weighted by Gasteiger charge is -2.03. The summed E-state index contributed by atoms with van der Waals surface area (Å²) >= 11 is 0. The van der Waals surface area contributed by atoms with E-state index in [1.54, 1.807) is 0 Å². The summed E-state index contributed by atoms with van der Waals surface area (Å²) in [5.41, 5.74) is 0. The van der Waals surface area contributed by atoms with Crippen molar-refractivity contribution >= 4 is 11.9 Å². The minimum atomic E-state index is -1.73. The van der Waals surface area contributed by atoms with Gasteiger partial charge in [0.25, 0.3) is 0 Å². The number of hydrogen-bond acceptors (Lipinski definition) is 8. The second-order valence-corrected chi connectivity index (χ2v) is 3.03. The third-order valence-electron chi connectivity index (χ3n) is 1.38. The molecule has 0 saturated heterocycles. The van der Waals surface area contributed by atoms with E-state index in [1.807, 2.05) is 0 Å². The van der Waals surface area contributed by atoms with Crippen molar-refractivity contribution in [1.29, 1.82) is 0 Å². The molecule has 0 atom stereocenters. The van der Waals surface area contributed by atoms with Gasteiger partial charge in [-0.3, -0.25) is 9.59 Å². The minimum Gasteiger partial charge on any atom is -0.460 e. The molecule has 0 fully saturated rings. The van der Waals surface area contributed by atoms with Crippen LogP contribution in [0, 0.1) is 11.8 Å². The van der Waals surface area contributed by atoms with E-state index >= 15 is 0 Å². The molecule has 0 aliphatic rings. The molecule has 0 aliphatic heterocycles. The van der Waals surface area contributed by atoms with Crippen LogP contribution in [0.5, 0.6) is 0 Å². The lowest BCUT2D eigenvalue weighted by molar-refractivity contribution is -0.155. The summed E-state index contributed by atoms with van der Waals surface area (Å²) in [6, 6.07) is 0. The molecule has 4 N–H and O–H groups in total. The summed E-state index contributed by atoms with van der Waals surface area (Å²) in [7, 11) is 0. The quantitative estimate of drug-likeness (QED) is 0.234. The van der Waals surface area contributed by atoms with Crippen LogP contribution in [0.4, 0.5) is 0 Å². The number of carbonyl (C=O) groups excluding carboxylic acids is 2. The third kappa shape index (κ3) is 10.8. The van der Waals surface area contributed by atoms with E-state index in [9.17, 15) is 9.59 Å². The van der Waals surface area contributed by atoms with Gasteiger partial charge in [-0.2, -0.15) is 0 Å². The number of esters is 2. The predicted molar refractivity (Wildman–Crippen MR) is 55.4 cm³/mol. The number of rotatable bonds is 6. The third-order valence-corrected chi connectivity index (χ3v) is 1.38. The summed E-state index contributed by atoms with van der Waals surface area (Å²) in [6.45, 7) is -1.09. The zero-order chi connectivity index (χ0) is 14.0. The van der Waals surface area contributed by atoms with E-state index in [4.69, 9.17) is 20.4 Å². The highest BCUT2D eigenvalue weighted by Crippen LogP contribution is 1.89. The Labute approximate surface area is 103 Å². The van der Waals surface area contributed by atoms with Crippen molar-refractivity contribution in [3.05, 3.63) is 0 Å². The fraction of sp³-hybridized carbons (Fsp3) is 0.600. The van der Waals surface area contributed by atoms with Gasteiger partial charge in [-0.05, 0) is 0 Å². The Morgan fingerprint density at radius 1 is 0.833 bits per heavy atom. The fourth-order valence-corrected chi connectivity index (χ4v) is 0.706. The van der Waals surface area contributed by atoms with Crippen molar-refractivity contribution in [1.82, 2.24) is 0 Å². The van der Waals surface area contributed by atoms with E-state index in [2.05, 4.69) is 21.3 Å². The minimum absolute atomic E-state index is 0.303. The molecule has 0 aromatic rings. The molecule has 0 saturated carbocycles. The van der Waals surface area contributed by atoms with Gasteiger partial charge in [0.05, 0.1) is 0 Å². The maximum Gasteiger partial charge on any atom is 0.318 e. The van der Waals surface area contributed by atoms with E-state index < -0.39 is 37.7 Å². The molecule has 102 valence electrons. The molecule has 8 heteroatoms. The van der Waals surface area contributed by atoms with Gasteiger partial charge in [-0.1, -0.05) is 11.8 Å². The molecule has 0 heterocycles. The first-order valence-electron chi connectivity index (χ1n) is 4.91. The molecule has 0 aliphatic carbocycles. The van der Waals surface area contributed by atoms with E-state index in [0.29, 0.717) is 0 Å². The van der Waals surface area contributed by atoms with Crippen LogP contribution in [0.1, 0.15) is 12.8 Å². The zero-order valence-corrected chi connectivity index (χ0v) is 9.40. The topological polar surface area (TPSA) is 134 Å². The van der Waals surface area contributed by atoms with Crippen molar-refractivity contribution in [3.8, 4) is 11.8 Å². The van der Waals surface area contributed by atoms with Crippen molar-refractivity contribution in [2.24, 2.45) is 0 Å².